The molecule has 0 spiro atoms. The van der Waals surface area contributed by atoms with Crippen molar-refractivity contribution in [3.8, 4) is 0 Å². The predicted octanol–water partition coefficient (Wildman–Crippen LogP) is 5.60. The van der Waals surface area contributed by atoms with Gasteiger partial charge in [-0.2, -0.15) is 0 Å². The molecule has 2 aliphatic heterocycles. The number of halogens is 1. The van der Waals surface area contributed by atoms with E-state index in [1.165, 1.54) is 28.7 Å². The van der Waals surface area contributed by atoms with Crippen molar-refractivity contribution in [1.82, 2.24) is 0 Å². The van der Waals surface area contributed by atoms with Gasteiger partial charge in [-0.15, -0.1) is 0 Å². The summed E-state index contributed by atoms with van der Waals surface area (Å²) in [6.45, 7) is 3.03. The first-order valence-electron chi connectivity index (χ1n) is 7.93. The molecule has 2 heterocycles. The zero-order chi connectivity index (χ0) is 15.4. The number of unbranched alkanes of at least 4 members (excludes halogenated alkanes) is 3. The monoisotopic (exact) mass is 410 g/mol. The number of fused-ring (bicyclic) bond motifs is 2. The molecular formula is C18H23IN2O. The van der Waals surface area contributed by atoms with Gasteiger partial charge in [0.05, 0.1) is 0 Å². The summed E-state index contributed by atoms with van der Waals surface area (Å²) in [6.07, 6.45) is 9.15. The van der Waals surface area contributed by atoms with E-state index in [4.69, 9.17) is 9.73 Å². The molecular weight excluding hydrogens is 387 g/mol. The number of allylic oxidation sites excluding steroid dienone is 3. The van der Waals surface area contributed by atoms with Gasteiger partial charge in [-0.25, -0.2) is 0 Å². The van der Waals surface area contributed by atoms with Gasteiger partial charge in [-0.05, 0) is 0 Å². The number of nitrogens with zero attached hydrogens (tertiary/aromatic N) is 2. The predicted molar refractivity (Wildman–Crippen MR) is 103 cm³/mol. The van der Waals surface area contributed by atoms with E-state index in [2.05, 4.69) is 51.5 Å². The van der Waals surface area contributed by atoms with Gasteiger partial charge in [0, 0.05) is 0 Å². The number of hydrogen-bond donors (Lipinski definition) is 0. The van der Waals surface area contributed by atoms with Crippen molar-refractivity contribution < 1.29 is 4.74 Å². The van der Waals surface area contributed by atoms with Gasteiger partial charge >= 0.3 is 141 Å². The van der Waals surface area contributed by atoms with E-state index in [1.807, 2.05) is 6.07 Å². The Morgan fingerprint density at radius 2 is 2.05 bits per heavy atom. The summed E-state index contributed by atoms with van der Waals surface area (Å²) in [5.41, 5.74) is 2.30. The number of hydrogen-bond acceptors (Lipinski definition) is 3. The van der Waals surface area contributed by atoms with Crippen LogP contribution in [0.5, 0.6) is 0 Å². The molecule has 22 heavy (non-hydrogen) atoms. The second kappa shape index (κ2) is 7.31. The van der Waals surface area contributed by atoms with Crippen molar-refractivity contribution >= 4 is 35.2 Å². The molecule has 4 heteroatoms. The van der Waals surface area contributed by atoms with Crippen molar-refractivity contribution in [2.24, 2.45) is 4.99 Å². The van der Waals surface area contributed by atoms with Crippen LogP contribution in [0.25, 0.3) is 0 Å². The topological polar surface area (TPSA) is 24.8 Å². The quantitative estimate of drug-likeness (QED) is 0.347. The molecule has 3 rings (SSSR count). The third-order valence-corrected chi connectivity index (χ3v) is 8.78. The van der Waals surface area contributed by atoms with Crippen LogP contribution in [0.4, 0.5) is 11.4 Å². The van der Waals surface area contributed by atoms with Crippen molar-refractivity contribution in [2.75, 3.05) is 16.8 Å². The third-order valence-electron chi connectivity index (χ3n) is 3.79. The van der Waals surface area contributed by atoms with Crippen LogP contribution in [0.15, 0.2) is 51.3 Å². The summed E-state index contributed by atoms with van der Waals surface area (Å²) in [5, 5.41) is 0. The normalized spacial score (nSPS) is 17.5. The molecule has 0 saturated carbocycles. The number of para-hydroxylation sites is 2. The number of aliphatic imine (C=N–C) groups is 1. The van der Waals surface area contributed by atoms with Gasteiger partial charge in [0.1, 0.15) is 0 Å². The van der Waals surface area contributed by atoms with Crippen LogP contribution in [-0.4, -0.2) is 17.4 Å². The summed E-state index contributed by atoms with van der Waals surface area (Å²) < 4.78 is 12.0. The first-order chi connectivity index (χ1) is 10.8. The molecule has 118 valence electrons. The molecule has 1 aromatic carbocycles. The van der Waals surface area contributed by atoms with Crippen LogP contribution in [0.3, 0.4) is 0 Å². The van der Waals surface area contributed by atoms with Gasteiger partial charge in [-0.1, -0.05) is 0 Å². The maximum atomic E-state index is 6.05. The second-order valence-electron chi connectivity index (χ2n) is 5.42. The Morgan fingerprint density at radius 3 is 2.91 bits per heavy atom. The second-order valence-corrected chi connectivity index (χ2v) is 10.3. The summed E-state index contributed by atoms with van der Waals surface area (Å²) in [6, 6.07) is 8.38. The third kappa shape index (κ3) is 3.21. The fourth-order valence-corrected chi connectivity index (χ4v) is 7.03. The molecule has 0 aromatic heterocycles. The van der Waals surface area contributed by atoms with E-state index in [9.17, 15) is 0 Å². The van der Waals surface area contributed by atoms with Gasteiger partial charge < -0.3 is 0 Å². The molecule has 1 aromatic rings. The van der Waals surface area contributed by atoms with E-state index < -0.39 is 20.1 Å². The first kappa shape index (κ1) is 15.6. The van der Waals surface area contributed by atoms with Gasteiger partial charge in [0.2, 0.25) is 0 Å². The standard InChI is InChI=1S/C18H23IN2O/c1-3-4-5-8-14-22-17-12-9-13-19-18(17)20-15-10-6-7-11-16(15)21(19)2/h6-7,9-13H,3-5,8,14H2,1-2H3. The van der Waals surface area contributed by atoms with E-state index in [-0.39, 0.29) is 0 Å². The summed E-state index contributed by atoms with van der Waals surface area (Å²) in [4.78, 5) is 4.91. The van der Waals surface area contributed by atoms with E-state index in [1.54, 1.807) is 0 Å². The molecule has 0 atom stereocenters. The minimum absolute atomic E-state index is 0.800. The van der Waals surface area contributed by atoms with Crippen LogP contribution in [0, 0.1) is 0 Å². The molecule has 3 nitrogen and oxygen atoms in total. The zero-order valence-electron chi connectivity index (χ0n) is 13.3. The molecule has 0 fully saturated rings. The molecule has 0 aliphatic carbocycles. The molecule has 0 unspecified atom stereocenters. The number of benzene rings is 1. The molecule has 2 aliphatic rings. The van der Waals surface area contributed by atoms with Crippen molar-refractivity contribution in [3.05, 3.63) is 46.3 Å². The summed E-state index contributed by atoms with van der Waals surface area (Å²) >= 11 is -1.58. The number of anilines is 1. The Balaban J connectivity index is 1.75. The van der Waals surface area contributed by atoms with Crippen molar-refractivity contribution in [3.63, 3.8) is 0 Å². The van der Waals surface area contributed by atoms with E-state index in [0.717, 1.165) is 24.5 Å². The molecule has 0 saturated heterocycles. The van der Waals surface area contributed by atoms with Gasteiger partial charge in [0.15, 0.2) is 0 Å². The Morgan fingerprint density at radius 1 is 1.18 bits per heavy atom. The number of ether oxygens (including phenoxy) is 1. The van der Waals surface area contributed by atoms with Gasteiger partial charge in [-0.3, -0.25) is 0 Å². The Labute approximate surface area is 140 Å². The van der Waals surface area contributed by atoms with Crippen LogP contribution in [-0.2, 0) is 4.74 Å². The van der Waals surface area contributed by atoms with Crippen LogP contribution in [0.1, 0.15) is 32.6 Å². The summed E-state index contributed by atoms with van der Waals surface area (Å²) in [5.74, 6) is 0.991. The molecule has 0 bridgehead atoms. The van der Waals surface area contributed by atoms with Crippen LogP contribution in [0.2, 0.25) is 0 Å². The average molecular weight is 410 g/mol. The first-order valence-corrected chi connectivity index (χ1v) is 11.2. The molecule has 0 N–H and O–H groups in total. The van der Waals surface area contributed by atoms with Crippen LogP contribution >= 0.6 is 20.1 Å². The zero-order valence-corrected chi connectivity index (χ0v) is 15.4. The van der Waals surface area contributed by atoms with E-state index >= 15 is 0 Å². The van der Waals surface area contributed by atoms with Crippen molar-refractivity contribution in [1.29, 1.82) is 0 Å². The Hall–Kier alpha value is -1.30. The van der Waals surface area contributed by atoms with Crippen LogP contribution < -0.4 is 3.11 Å². The SMILES string of the molecule is CCCCCCOC1=CC=CI2C1=Nc1ccccc1N2C. The van der Waals surface area contributed by atoms with Gasteiger partial charge in [0.25, 0.3) is 0 Å². The fourth-order valence-electron chi connectivity index (χ4n) is 2.56. The minimum atomic E-state index is -1.58. The van der Waals surface area contributed by atoms with Crippen molar-refractivity contribution in [2.45, 2.75) is 32.6 Å². The Kier molecular flexibility index (Phi) is 5.18. The molecule has 0 amide bonds. The van der Waals surface area contributed by atoms with E-state index in [0.29, 0.717) is 0 Å². The maximum absolute atomic E-state index is 6.05. The fraction of sp³-hybridized carbons (Fsp3) is 0.389. The average Bonchev–Trinajstić information content (AvgIpc) is 2.55. The summed E-state index contributed by atoms with van der Waals surface area (Å²) in [7, 11) is 2.19. The molecule has 0 radical (unpaired) electrons. The number of rotatable bonds is 6. The Bertz CT molecular complexity index is 621.